The minimum Gasteiger partial charge on any atom is -0.493 e. The maximum atomic E-state index is 15.0. The molecule has 1 N–H and O–H groups in total. The molecule has 0 atom stereocenters. The van der Waals surface area contributed by atoms with Gasteiger partial charge in [-0.1, -0.05) is 0 Å². The zero-order chi connectivity index (χ0) is 26.1. The Bertz CT molecular complexity index is 1690. The van der Waals surface area contributed by atoms with Gasteiger partial charge in [0.2, 0.25) is 0 Å². The van der Waals surface area contributed by atoms with E-state index in [9.17, 15) is 9.59 Å². The number of nitrogens with zero attached hydrogens (tertiary/aromatic N) is 4. The molecular weight excluding hydrogens is 497 g/mol. The Labute approximate surface area is 214 Å². The lowest BCUT2D eigenvalue weighted by Gasteiger charge is -2.12. The second kappa shape index (κ2) is 9.86. The van der Waals surface area contributed by atoms with Crippen LogP contribution in [0.3, 0.4) is 0 Å². The standard InChI is InChI=1S/C26H22FN5O4S/c1-4-35-19-8-11-32(3)26(34)22(19)25(33)30-15-5-6-18(16(27)13-15)36-20-7-9-28-17-14-21(37-23(17)20)24-29-10-12-31(24)2/h5-14H,4H2,1-3H3,(H,30,33). The number of imidazole rings is 1. The van der Waals surface area contributed by atoms with Gasteiger partial charge in [-0.25, -0.2) is 9.37 Å². The molecule has 1 amide bonds. The highest BCUT2D eigenvalue weighted by Gasteiger charge is 2.20. The van der Waals surface area contributed by atoms with Crippen LogP contribution in [-0.4, -0.2) is 31.6 Å². The Kier molecular flexibility index (Phi) is 6.45. The van der Waals surface area contributed by atoms with Crippen molar-refractivity contribution in [1.29, 1.82) is 0 Å². The van der Waals surface area contributed by atoms with Crippen molar-refractivity contribution in [2.45, 2.75) is 6.92 Å². The molecule has 0 spiro atoms. The number of nitrogens with one attached hydrogen (secondary N) is 1. The number of pyridine rings is 2. The highest BCUT2D eigenvalue weighted by atomic mass is 32.1. The number of carbonyl (C=O) groups excluding carboxylic acids is 1. The van der Waals surface area contributed by atoms with Crippen LogP contribution in [0.25, 0.3) is 20.9 Å². The molecule has 0 aliphatic carbocycles. The quantitative estimate of drug-likeness (QED) is 0.326. The van der Waals surface area contributed by atoms with Gasteiger partial charge in [-0.15, -0.1) is 11.3 Å². The van der Waals surface area contributed by atoms with E-state index in [1.165, 1.54) is 47.3 Å². The molecule has 0 bridgehead atoms. The fraction of sp³-hybridized carbons (Fsp3) is 0.154. The van der Waals surface area contributed by atoms with Gasteiger partial charge in [0.1, 0.15) is 22.9 Å². The highest BCUT2D eigenvalue weighted by molar-refractivity contribution is 7.22. The molecule has 0 aliphatic heterocycles. The number of rotatable bonds is 7. The van der Waals surface area contributed by atoms with Crippen molar-refractivity contribution in [3.8, 4) is 28.0 Å². The third-order valence-corrected chi connectivity index (χ3v) is 6.72. The molecule has 0 fully saturated rings. The van der Waals surface area contributed by atoms with Gasteiger partial charge in [-0.3, -0.25) is 14.6 Å². The number of amides is 1. The van der Waals surface area contributed by atoms with Crippen LogP contribution in [0.5, 0.6) is 17.2 Å². The summed E-state index contributed by atoms with van der Waals surface area (Å²) in [5.74, 6) is -0.0148. The molecule has 37 heavy (non-hydrogen) atoms. The minimum absolute atomic E-state index is 0.0249. The number of fused-ring (bicyclic) bond motifs is 1. The lowest BCUT2D eigenvalue weighted by Crippen LogP contribution is -2.28. The summed E-state index contributed by atoms with van der Waals surface area (Å²) in [6.07, 6.45) is 6.68. The minimum atomic E-state index is -0.700. The van der Waals surface area contributed by atoms with Gasteiger partial charge < -0.3 is 23.9 Å². The number of ether oxygens (including phenoxy) is 2. The SMILES string of the molecule is CCOc1ccn(C)c(=O)c1C(=O)Nc1ccc(Oc2ccnc3cc(-c4nccn4C)sc23)c(F)c1. The van der Waals surface area contributed by atoms with E-state index in [2.05, 4.69) is 15.3 Å². The van der Waals surface area contributed by atoms with Crippen LogP contribution in [0.15, 0.2) is 66.0 Å². The summed E-state index contributed by atoms with van der Waals surface area (Å²) < 4.78 is 30.3. The van der Waals surface area contributed by atoms with E-state index in [0.29, 0.717) is 11.3 Å². The Morgan fingerprint density at radius 1 is 1.03 bits per heavy atom. The van der Waals surface area contributed by atoms with Crippen molar-refractivity contribution in [1.82, 2.24) is 19.1 Å². The van der Waals surface area contributed by atoms with E-state index in [0.717, 1.165) is 21.5 Å². The number of benzene rings is 1. The predicted octanol–water partition coefficient (Wildman–Crippen LogP) is 4.98. The zero-order valence-corrected chi connectivity index (χ0v) is 21.0. The van der Waals surface area contributed by atoms with E-state index in [1.807, 2.05) is 23.9 Å². The van der Waals surface area contributed by atoms with E-state index in [-0.39, 0.29) is 29.4 Å². The normalized spacial score (nSPS) is 11.0. The first-order valence-corrected chi connectivity index (χ1v) is 12.1. The predicted molar refractivity (Wildman–Crippen MR) is 139 cm³/mol. The average Bonchev–Trinajstić information content (AvgIpc) is 3.49. The van der Waals surface area contributed by atoms with Gasteiger partial charge in [-0.05, 0) is 31.2 Å². The second-order valence-corrected chi connectivity index (χ2v) is 9.15. The summed E-state index contributed by atoms with van der Waals surface area (Å²) in [5.41, 5.74) is 0.190. The highest BCUT2D eigenvalue weighted by Crippen LogP contribution is 2.39. The third-order valence-electron chi connectivity index (χ3n) is 5.58. The van der Waals surface area contributed by atoms with Crippen LogP contribution >= 0.6 is 11.3 Å². The van der Waals surface area contributed by atoms with Crippen LogP contribution in [0.2, 0.25) is 0 Å². The molecule has 1 aromatic carbocycles. The van der Waals surface area contributed by atoms with Crippen LogP contribution in [0.1, 0.15) is 17.3 Å². The molecule has 9 nitrogen and oxygen atoms in total. The van der Waals surface area contributed by atoms with E-state index >= 15 is 4.39 Å². The molecule has 0 radical (unpaired) electrons. The molecule has 0 unspecified atom stereocenters. The van der Waals surface area contributed by atoms with Gasteiger partial charge in [0.15, 0.2) is 11.6 Å². The Morgan fingerprint density at radius 2 is 1.86 bits per heavy atom. The third kappa shape index (κ3) is 4.68. The Morgan fingerprint density at radius 3 is 2.59 bits per heavy atom. The summed E-state index contributed by atoms with van der Waals surface area (Å²) in [5, 5.41) is 2.57. The lowest BCUT2D eigenvalue weighted by atomic mass is 10.2. The average molecular weight is 520 g/mol. The molecule has 4 heterocycles. The number of halogens is 1. The van der Waals surface area contributed by atoms with Crippen molar-refractivity contribution in [3.63, 3.8) is 0 Å². The monoisotopic (exact) mass is 519 g/mol. The van der Waals surface area contributed by atoms with Gasteiger partial charge in [0.05, 0.1) is 21.7 Å². The number of carbonyl (C=O) groups is 1. The van der Waals surface area contributed by atoms with E-state index < -0.39 is 17.3 Å². The van der Waals surface area contributed by atoms with E-state index in [1.54, 1.807) is 25.4 Å². The summed E-state index contributed by atoms with van der Waals surface area (Å²) in [6.45, 7) is 2.03. The fourth-order valence-electron chi connectivity index (χ4n) is 3.78. The van der Waals surface area contributed by atoms with Crippen molar-refractivity contribution >= 4 is 33.1 Å². The number of aromatic nitrogens is 4. The maximum Gasteiger partial charge on any atom is 0.266 e. The zero-order valence-electron chi connectivity index (χ0n) is 20.2. The topological polar surface area (TPSA) is 100 Å². The first-order valence-electron chi connectivity index (χ1n) is 11.3. The molecule has 0 saturated carbocycles. The van der Waals surface area contributed by atoms with Crippen LogP contribution in [-0.2, 0) is 14.1 Å². The first-order chi connectivity index (χ1) is 17.9. The van der Waals surface area contributed by atoms with Crippen molar-refractivity contribution in [3.05, 3.63) is 82.9 Å². The van der Waals surface area contributed by atoms with Gasteiger partial charge in [-0.2, -0.15) is 0 Å². The fourth-order valence-corrected chi connectivity index (χ4v) is 4.88. The van der Waals surface area contributed by atoms with Crippen molar-refractivity contribution < 1.29 is 18.7 Å². The number of hydrogen-bond donors (Lipinski definition) is 1. The van der Waals surface area contributed by atoms with Crippen LogP contribution < -0.4 is 20.3 Å². The second-order valence-electron chi connectivity index (χ2n) is 8.10. The van der Waals surface area contributed by atoms with E-state index in [4.69, 9.17) is 9.47 Å². The molecule has 5 aromatic rings. The van der Waals surface area contributed by atoms with Gasteiger partial charge in [0.25, 0.3) is 11.5 Å². The molecule has 0 saturated heterocycles. The summed E-state index contributed by atoms with van der Waals surface area (Å²) in [6, 6.07) is 9.15. The molecule has 5 rings (SSSR count). The van der Waals surface area contributed by atoms with Crippen LogP contribution in [0.4, 0.5) is 10.1 Å². The Hall–Kier alpha value is -4.51. The molecule has 0 aliphatic rings. The maximum absolute atomic E-state index is 15.0. The molecular formula is C26H22FN5O4S. The number of anilines is 1. The number of aryl methyl sites for hydroxylation is 2. The summed E-state index contributed by atoms with van der Waals surface area (Å²) >= 11 is 1.44. The first kappa shape index (κ1) is 24.2. The number of hydrogen-bond acceptors (Lipinski definition) is 7. The molecule has 11 heteroatoms. The van der Waals surface area contributed by atoms with Gasteiger partial charge >= 0.3 is 0 Å². The van der Waals surface area contributed by atoms with Crippen molar-refractivity contribution in [2.75, 3.05) is 11.9 Å². The smallest absolute Gasteiger partial charge is 0.266 e. The number of thiophene rings is 1. The molecule has 188 valence electrons. The van der Waals surface area contributed by atoms with Crippen molar-refractivity contribution in [2.24, 2.45) is 14.1 Å². The molecule has 4 aromatic heterocycles. The lowest BCUT2D eigenvalue weighted by molar-refractivity contribution is 0.102. The van der Waals surface area contributed by atoms with Gasteiger partial charge in [0, 0.05) is 56.7 Å². The Balaban J connectivity index is 1.40. The largest absolute Gasteiger partial charge is 0.493 e. The summed E-state index contributed by atoms with van der Waals surface area (Å²) in [7, 11) is 3.43. The summed E-state index contributed by atoms with van der Waals surface area (Å²) in [4.78, 5) is 35.1. The van der Waals surface area contributed by atoms with Crippen LogP contribution in [0, 0.1) is 5.82 Å².